The highest BCUT2D eigenvalue weighted by Crippen LogP contribution is 2.37. The summed E-state index contributed by atoms with van der Waals surface area (Å²) in [6.07, 6.45) is 3.33. The number of carbonyl (C=O) groups excluding carboxylic acids is 2. The minimum atomic E-state index is -2.67. The summed E-state index contributed by atoms with van der Waals surface area (Å²) in [5.41, 5.74) is -0.410. The van der Waals surface area contributed by atoms with Gasteiger partial charge in [-0.25, -0.2) is 27.5 Å². The van der Waals surface area contributed by atoms with E-state index in [0.717, 1.165) is 41.9 Å². The van der Waals surface area contributed by atoms with Crippen LogP contribution >= 0.6 is 11.3 Å². The number of hydrogen-bond donors (Lipinski definition) is 3. The van der Waals surface area contributed by atoms with Gasteiger partial charge in [0.2, 0.25) is 6.41 Å². The van der Waals surface area contributed by atoms with Crippen LogP contribution in [0, 0.1) is 6.92 Å². The predicted molar refractivity (Wildman–Crippen MR) is 141 cm³/mol. The molecule has 3 heterocycles. The van der Waals surface area contributed by atoms with E-state index in [0.29, 0.717) is 22.8 Å². The van der Waals surface area contributed by atoms with Gasteiger partial charge in [0, 0.05) is 42.4 Å². The standard InChI is InChI=1S/C20H26F2N4O2S.C6H9F2NO/c1-11-16(29-19(25-11)18(27)24-10-20(2,3)28)14-9-23-15(8-13(14)17(21)22)26-12-6-4-5-7-12;1-5-2-6(7,8)3-9(5)4-10/h8-9,12,17,28H,4-7,10H2,1-3H3,(H,23,26)(H,24,27);4-5H,2-3H2,1H3. The molecule has 2 amide bonds. The Bertz CT molecular complexity index is 1150. The first-order valence-electron chi connectivity index (χ1n) is 12.8. The first-order chi connectivity index (χ1) is 18.2. The molecular weight excluding hydrogens is 538 g/mol. The lowest BCUT2D eigenvalue weighted by Crippen LogP contribution is -2.38. The van der Waals surface area contributed by atoms with Gasteiger partial charge in [-0.3, -0.25) is 9.59 Å². The molecule has 1 saturated carbocycles. The minimum Gasteiger partial charge on any atom is -0.389 e. The molecule has 1 saturated heterocycles. The molecule has 1 aliphatic heterocycles. The Morgan fingerprint density at radius 2 is 2.00 bits per heavy atom. The molecule has 0 spiro atoms. The number of thiazole rings is 1. The van der Waals surface area contributed by atoms with Crippen molar-refractivity contribution < 1.29 is 32.3 Å². The van der Waals surface area contributed by atoms with E-state index in [-0.39, 0.29) is 41.2 Å². The lowest BCUT2D eigenvalue weighted by Gasteiger charge is -2.16. The van der Waals surface area contributed by atoms with Crippen molar-refractivity contribution in [2.24, 2.45) is 0 Å². The molecule has 1 unspecified atom stereocenters. The fraction of sp³-hybridized carbons (Fsp3) is 0.615. The van der Waals surface area contributed by atoms with E-state index in [2.05, 4.69) is 20.6 Å². The third-order valence-corrected chi connectivity index (χ3v) is 7.69. The number of pyridine rings is 1. The lowest BCUT2D eigenvalue weighted by molar-refractivity contribution is -0.119. The molecule has 0 radical (unpaired) electrons. The summed E-state index contributed by atoms with van der Waals surface area (Å²) in [4.78, 5) is 32.6. The van der Waals surface area contributed by atoms with Gasteiger partial charge in [-0.15, -0.1) is 11.3 Å². The SMILES string of the molecule is CC1CC(F)(F)CN1C=O.Cc1nc(C(=O)NCC(C)(C)O)sc1-c1cnc(NC2CCCC2)cc1C(F)F. The number of amides is 2. The molecule has 0 aromatic carbocycles. The molecule has 2 aliphatic rings. The molecule has 4 rings (SSSR count). The number of aryl methyl sites for hydroxylation is 1. The monoisotopic (exact) mass is 573 g/mol. The molecule has 8 nitrogen and oxygen atoms in total. The van der Waals surface area contributed by atoms with E-state index >= 15 is 0 Å². The number of aliphatic hydroxyl groups is 1. The first-order valence-corrected chi connectivity index (χ1v) is 13.6. The number of likely N-dealkylation sites (tertiary alicyclic amines) is 1. The van der Waals surface area contributed by atoms with Crippen molar-refractivity contribution in [3.05, 3.63) is 28.5 Å². The van der Waals surface area contributed by atoms with E-state index in [1.54, 1.807) is 27.7 Å². The zero-order chi connectivity index (χ0) is 29.0. The zero-order valence-corrected chi connectivity index (χ0v) is 23.3. The number of halogens is 4. The van der Waals surface area contributed by atoms with E-state index in [1.165, 1.54) is 12.3 Å². The van der Waals surface area contributed by atoms with E-state index in [1.807, 2.05) is 0 Å². The highest BCUT2D eigenvalue weighted by atomic mass is 32.1. The summed E-state index contributed by atoms with van der Waals surface area (Å²) in [6, 6.07) is 1.36. The Balaban J connectivity index is 0.000000353. The van der Waals surface area contributed by atoms with Crippen LogP contribution in [0.3, 0.4) is 0 Å². The summed E-state index contributed by atoms with van der Waals surface area (Å²) in [7, 11) is 0. The van der Waals surface area contributed by atoms with Crippen molar-refractivity contribution in [2.75, 3.05) is 18.4 Å². The highest BCUT2D eigenvalue weighted by Gasteiger charge is 2.42. The van der Waals surface area contributed by atoms with Gasteiger partial charge in [0.15, 0.2) is 5.01 Å². The average molecular weight is 574 g/mol. The van der Waals surface area contributed by atoms with Gasteiger partial charge < -0.3 is 20.6 Å². The first kappa shape index (κ1) is 30.7. The summed E-state index contributed by atoms with van der Waals surface area (Å²) < 4.78 is 52.4. The van der Waals surface area contributed by atoms with Crippen LogP contribution in [0.2, 0.25) is 0 Å². The van der Waals surface area contributed by atoms with E-state index in [4.69, 9.17) is 0 Å². The highest BCUT2D eigenvalue weighted by molar-refractivity contribution is 7.17. The molecule has 3 N–H and O–H groups in total. The number of nitrogens with one attached hydrogen (secondary N) is 2. The largest absolute Gasteiger partial charge is 0.389 e. The fourth-order valence-corrected chi connectivity index (χ4v) is 5.51. The van der Waals surface area contributed by atoms with Crippen LogP contribution in [0.4, 0.5) is 23.4 Å². The van der Waals surface area contributed by atoms with Crippen molar-refractivity contribution in [1.29, 1.82) is 0 Å². The second-order valence-corrected chi connectivity index (χ2v) is 11.7. The van der Waals surface area contributed by atoms with Gasteiger partial charge in [0.25, 0.3) is 18.3 Å². The minimum absolute atomic E-state index is 0.0607. The number of hydrogen-bond acceptors (Lipinski definition) is 7. The van der Waals surface area contributed by atoms with Crippen LogP contribution in [0.1, 0.15) is 80.4 Å². The number of alkyl halides is 4. The Labute approximate surface area is 229 Å². The maximum Gasteiger partial charge on any atom is 0.280 e. The van der Waals surface area contributed by atoms with Crippen molar-refractivity contribution in [3.8, 4) is 10.4 Å². The number of nitrogens with zero attached hydrogens (tertiary/aromatic N) is 3. The summed E-state index contributed by atoms with van der Waals surface area (Å²) in [6.45, 7) is 6.10. The fourth-order valence-electron chi connectivity index (χ4n) is 4.49. The number of rotatable bonds is 8. The summed E-state index contributed by atoms with van der Waals surface area (Å²) in [5, 5.41) is 15.8. The lowest BCUT2D eigenvalue weighted by atomic mass is 10.1. The summed E-state index contributed by atoms with van der Waals surface area (Å²) in [5.74, 6) is -2.67. The Hall–Kier alpha value is -2.80. The molecule has 39 heavy (non-hydrogen) atoms. The number of anilines is 1. The quantitative estimate of drug-likeness (QED) is 0.297. The number of aromatic nitrogens is 2. The molecule has 216 valence electrons. The van der Waals surface area contributed by atoms with E-state index < -0.39 is 30.4 Å². The summed E-state index contributed by atoms with van der Waals surface area (Å²) >= 11 is 1.04. The molecule has 1 atom stereocenters. The Morgan fingerprint density at radius 3 is 2.51 bits per heavy atom. The van der Waals surface area contributed by atoms with Crippen LogP contribution in [0.15, 0.2) is 12.3 Å². The van der Waals surface area contributed by atoms with Gasteiger partial charge in [-0.1, -0.05) is 12.8 Å². The van der Waals surface area contributed by atoms with Crippen molar-refractivity contribution in [1.82, 2.24) is 20.2 Å². The smallest absolute Gasteiger partial charge is 0.280 e. The third-order valence-electron chi connectivity index (χ3n) is 6.50. The van der Waals surface area contributed by atoms with Crippen LogP contribution in [-0.4, -0.2) is 69.0 Å². The maximum atomic E-state index is 13.8. The second-order valence-electron chi connectivity index (χ2n) is 10.7. The van der Waals surface area contributed by atoms with Gasteiger partial charge in [0.05, 0.1) is 22.7 Å². The Morgan fingerprint density at radius 1 is 1.33 bits per heavy atom. The van der Waals surface area contributed by atoms with Gasteiger partial charge >= 0.3 is 0 Å². The van der Waals surface area contributed by atoms with Crippen LogP contribution in [0.5, 0.6) is 0 Å². The number of carbonyl (C=O) groups is 2. The average Bonchev–Trinajstić information content (AvgIpc) is 3.56. The zero-order valence-electron chi connectivity index (χ0n) is 22.4. The third kappa shape index (κ3) is 8.59. The molecule has 2 aromatic heterocycles. The van der Waals surface area contributed by atoms with Gasteiger partial charge in [-0.2, -0.15) is 0 Å². The molecule has 2 fully saturated rings. The molecule has 0 bridgehead atoms. The van der Waals surface area contributed by atoms with Crippen LogP contribution < -0.4 is 10.6 Å². The van der Waals surface area contributed by atoms with Crippen LogP contribution in [-0.2, 0) is 4.79 Å². The Kier molecular flexibility index (Phi) is 9.92. The topological polar surface area (TPSA) is 107 Å². The molecule has 2 aromatic rings. The van der Waals surface area contributed by atoms with Gasteiger partial charge in [0.1, 0.15) is 5.82 Å². The van der Waals surface area contributed by atoms with Crippen LogP contribution in [0.25, 0.3) is 10.4 Å². The van der Waals surface area contributed by atoms with Crippen molar-refractivity contribution in [2.45, 2.75) is 89.8 Å². The maximum absolute atomic E-state index is 13.8. The molecule has 13 heteroatoms. The molecule has 1 aliphatic carbocycles. The second kappa shape index (κ2) is 12.6. The van der Waals surface area contributed by atoms with Crippen molar-refractivity contribution in [3.63, 3.8) is 0 Å². The molecular formula is C26H35F4N5O3S. The van der Waals surface area contributed by atoms with Gasteiger partial charge in [-0.05, 0) is 46.6 Å². The predicted octanol–water partition coefficient (Wildman–Crippen LogP) is 5.18. The van der Waals surface area contributed by atoms with Crippen molar-refractivity contribution >= 4 is 29.5 Å². The van der Waals surface area contributed by atoms with E-state index in [9.17, 15) is 32.3 Å². The normalized spacial score (nSPS) is 19.1.